The van der Waals surface area contributed by atoms with Crippen molar-refractivity contribution in [2.24, 2.45) is 0 Å². The summed E-state index contributed by atoms with van der Waals surface area (Å²) in [6.07, 6.45) is 1.25. The third-order valence-electron chi connectivity index (χ3n) is 3.47. The average Bonchev–Trinajstić information content (AvgIpc) is 3.12. The molecule has 0 saturated carbocycles. The van der Waals surface area contributed by atoms with Gasteiger partial charge < -0.3 is 24.3 Å². The van der Waals surface area contributed by atoms with Crippen molar-refractivity contribution >= 4 is 17.6 Å². The number of ether oxygens (including phenoxy) is 2. The van der Waals surface area contributed by atoms with E-state index in [0.29, 0.717) is 22.9 Å². The largest absolute Gasteiger partial charge is 0.497 e. The van der Waals surface area contributed by atoms with Crippen molar-refractivity contribution in [3.63, 3.8) is 0 Å². The second-order valence-corrected chi connectivity index (χ2v) is 5.17. The van der Waals surface area contributed by atoms with Gasteiger partial charge in [-0.2, -0.15) is 0 Å². The van der Waals surface area contributed by atoms with E-state index in [0.717, 1.165) is 0 Å². The van der Waals surface area contributed by atoms with E-state index >= 15 is 0 Å². The smallest absolute Gasteiger partial charge is 0.321 e. The van der Waals surface area contributed by atoms with Gasteiger partial charge in [-0.3, -0.25) is 14.9 Å². The summed E-state index contributed by atoms with van der Waals surface area (Å²) in [5, 5.41) is 14.7. The number of carbonyl (C=O) groups is 2. The molecular formula is C17H20N2O6. The lowest BCUT2D eigenvalue weighted by Gasteiger charge is -2.15. The zero-order valence-electron chi connectivity index (χ0n) is 13.9. The van der Waals surface area contributed by atoms with Gasteiger partial charge in [-0.05, 0) is 24.3 Å². The van der Waals surface area contributed by atoms with Crippen LogP contribution in [0, 0.1) is 0 Å². The van der Waals surface area contributed by atoms with E-state index in [1.165, 1.54) is 20.5 Å². The van der Waals surface area contributed by atoms with Gasteiger partial charge in [-0.15, -0.1) is 0 Å². The van der Waals surface area contributed by atoms with Crippen LogP contribution in [0.5, 0.6) is 11.5 Å². The predicted octanol–water partition coefficient (Wildman–Crippen LogP) is 1.87. The number of hydrogen-bond donors (Lipinski definition) is 3. The van der Waals surface area contributed by atoms with Gasteiger partial charge in [-0.25, -0.2) is 0 Å². The Balaban J connectivity index is 1.97. The lowest BCUT2D eigenvalue weighted by molar-refractivity contribution is -0.141. The van der Waals surface area contributed by atoms with Crippen molar-refractivity contribution < 1.29 is 28.6 Å². The Morgan fingerprint density at radius 1 is 1.24 bits per heavy atom. The first kappa shape index (κ1) is 18.3. The Labute approximate surface area is 144 Å². The highest BCUT2D eigenvalue weighted by Crippen LogP contribution is 2.29. The maximum Gasteiger partial charge on any atom is 0.321 e. The summed E-state index contributed by atoms with van der Waals surface area (Å²) < 4.78 is 15.4. The number of furan rings is 1. The van der Waals surface area contributed by atoms with Gasteiger partial charge in [0.15, 0.2) is 0 Å². The summed E-state index contributed by atoms with van der Waals surface area (Å²) in [6.45, 7) is 0.211. The average molecular weight is 348 g/mol. The molecule has 0 radical (unpaired) electrons. The minimum atomic E-state index is -1.12. The van der Waals surface area contributed by atoms with Gasteiger partial charge in [0.1, 0.15) is 23.3 Å². The standard InChI is InChI=1S/C17H20N2O6/c1-23-11-5-6-13(15(8-11)24-2)19-16(20)9-14(17(21)22)18-10-12-4-3-7-25-12/h3-8,14,18H,9-10H2,1-2H3,(H,19,20)(H,21,22)/t14-/m0/s1. The van der Waals surface area contributed by atoms with Crippen LogP contribution in [0.15, 0.2) is 41.0 Å². The van der Waals surface area contributed by atoms with Crippen LogP contribution in [0.2, 0.25) is 0 Å². The van der Waals surface area contributed by atoms with Crippen LogP contribution in [0.4, 0.5) is 5.69 Å². The SMILES string of the molecule is COc1ccc(NC(=O)C[C@H](NCc2ccco2)C(=O)O)c(OC)c1. The summed E-state index contributed by atoms with van der Waals surface area (Å²) in [6, 6.07) is 7.29. The van der Waals surface area contributed by atoms with E-state index in [4.69, 9.17) is 13.9 Å². The van der Waals surface area contributed by atoms with Crippen molar-refractivity contribution in [1.82, 2.24) is 5.32 Å². The van der Waals surface area contributed by atoms with Crippen molar-refractivity contribution in [2.45, 2.75) is 19.0 Å². The molecule has 1 amide bonds. The minimum Gasteiger partial charge on any atom is -0.497 e. The molecule has 2 rings (SSSR count). The summed E-state index contributed by atoms with van der Waals surface area (Å²) >= 11 is 0. The molecule has 0 aliphatic heterocycles. The van der Waals surface area contributed by atoms with E-state index < -0.39 is 17.9 Å². The molecule has 0 unspecified atom stereocenters. The number of carboxylic acids is 1. The molecule has 0 aliphatic rings. The Hall–Kier alpha value is -3.00. The van der Waals surface area contributed by atoms with Crippen LogP contribution in [-0.4, -0.2) is 37.2 Å². The predicted molar refractivity (Wildman–Crippen MR) is 89.8 cm³/mol. The fourth-order valence-corrected chi connectivity index (χ4v) is 2.17. The van der Waals surface area contributed by atoms with Crippen molar-refractivity contribution in [3.05, 3.63) is 42.4 Å². The molecule has 2 aromatic rings. The fourth-order valence-electron chi connectivity index (χ4n) is 2.17. The van der Waals surface area contributed by atoms with Crippen LogP contribution in [0.3, 0.4) is 0 Å². The van der Waals surface area contributed by atoms with Crippen LogP contribution in [-0.2, 0) is 16.1 Å². The van der Waals surface area contributed by atoms with Crippen molar-refractivity contribution in [2.75, 3.05) is 19.5 Å². The minimum absolute atomic E-state index is 0.211. The lowest BCUT2D eigenvalue weighted by atomic mass is 10.2. The molecule has 25 heavy (non-hydrogen) atoms. The number of anilines is 1. The molecule has 0 bridgehead atoms. The summed E-state index contributed by atoms with van der Waals surface area (Å²) in [5.74, 6) is 0.0104. The quantitative estimate of drug-likeness (QED) is 0.634. The molecular weight excluding hydrogens is 328 g/mol. The Bertz CT molecular complexity index is 714. The van der Waals surface area contributed by atoms with Crippen LogP contribution >= 0.6 is 0 Å². The van der Waals surface area contributed by atoms with Crippen LogP contribution in [0.1, 0.15) is 12.2 Å². The Morgan fingerprint density at radius 3 is 2.64 bits per heavy atom. The summed E-state index contributed by atoms with van der Waals surface area (Å²) in [5.41, 5.74) is 0.434. The number of aliphatic carboxylic acids is 1. The van der Waals surface area contributed by atoms with E-state index in [1.54, 1.807) is 30.3 Å². The Morgan fingerprint density at radius 2 is 2.04 bits per heavy atom. The zero-order chi connectivity index (χ0) is 18.2. The number of carbonyl (C=O) groups excluding carboxylic acids is 1. The maximum absolute atomic E-state index is 12.2. The number of amides is 1. The number of methoxy groups -OCH3 is 2. The highest BCUT2D eigenvalue weighted by atomic mass is 16.5. The molecule has 8 nitrogen and oxygen atoms in total. The third kappa shape index (κ3) is 5.25. The molecule has 0 saturated heterocycles. The molecule has 0 aliphatic carbocycles. The van der Waals surface area contributed by atoms with E-state index in [-0.39, 0.29) is 13.0 Å². The lowest BCUT2D eigenvalue weighted by Crippen LogP contribution is -2.39. The molecule has 1 aromatic heterocycles. The summed E-state index contributed by atoms with van der Waals surface area (Å²) in [4.78, 5) is 23.5. The van der Waals surface area contributed by atoms with Crippen molar-refractivity contribution in [1.29, 1.82) is 0 Å². The molecule has 1 atom stereocenters. The number of benzene rings is 1. The second kappa shape index (κ2) is 8.74. The normalized spacial score (nSPS) is 11.6. The fraction of sp³-hybridized carbons (Fsp3) is 0.294. The van der Waals surface area contributed by atoms with Gasteiger partial charge in [0.05, 0.1) is 39.1 Å². The highest BCUT2D eigenvalue weighted by Gasteiger charge is 2.22. The third-order valence-corrected chi connectivity index (χ3v) is 3.47. The number of hydrogen-bond acceptors (Lipinski definition) is 6. The number of rotatable bonds is 9. The first-order valence-corrected chi connectivity index (χ1v) is 7.54. The molecule has 0 fully saturated rings. The topological polar surface area (TPSA) is 110 Å². The van der Waals surface area contributed by atoms with Crippen LogP contribution < -0.4 is 20.1 Å². The van der Waals surface area contributed by atoms with Gasteiger partial charge in [0, 0.05) is 6.07 Å². The molecule has 3 N–H and O–H groups in total. The van der Waals surface area contributed by atoms with E-state index in [1.807, 2.05) is 0 Å². The first-order chi connectivity index (χ1) is 12.0. The molecule has 1 heterocycles. The first-order valence-electron chi connectivity index (χ1n) is 7.54. The second-order valence-electron chi connectivity index (χ2n) is 5.17. The molecule has 8 heteroatoms. The molecule has 0 spiro atoms. The van der Waals surface area contributed by atoms with Gasteiger partial charge in [0.2, 0.25) is 5.91 Å². The maximum atomic E-state index is 12.2. The van der Waals surface area contributed by atoms with Crippen molar-refractivity contribution in [3.8, 4) is 11.5 Å². The van der Waals surface area contributed by atoms with Gasteiger partial charge in [0.25, 0.3) is 0 Å². The van der Waals surface area contributed by atoms with Gasteiger partial charge >= 0.3 is 5.97 Å². The van der Waals surface area contributed by atoms with Crippen LogP contribution in [0.25, 0.3) is 0 Å². The highest BCUT2D eigenvalue weighted by molar-refractivity contribution is 5.95. The number of carboxylic acid groups (broad SMARTS) is 1. The Kier molecular flexibility index (Phi) is 6.41. The molecule has 1 aromatic carbocycles. The van der Waals surface area contributed by atoms with E-state index in [9.17, 15) is 14.7 Å². The molecule has 134 valence electrons. The number of nitrogens with one attached hydrogen (secondary N) is 2. The summed E-state index contributed by atoms with van der Waals surface area (Å²) in [7, 11) is 2.99. The zero-order valence-corrected chi connectivity index (χ0v) is 13.9. The van der Waals surface area contributed by atoms with E-state index in [2.05, 4.69) is 10.6 Å². The van der Waals surface area contributed by atoms with Gasteiger partial charge in [-0.1, -0.05) is 0 Å². The monoisotopic (exact) mass is 348 g/mol.